The van der Waals surface area contributed by atoms with E-state index in [1.807, 2.05) is 0 Å². The Morgan fingerprint density at radius 1 is 0.444 bits per heavy atom. The summed E-state index contributed by atoms with van der Waals surface area (Å²) in [6, 6.07) is -1.13. The fraction of sp³-hybridized carbons (Fsp3) is 0.923. The minimum atomic E-state index is -1.16. The van der Waals surface area contributed by atoms with E-state index in [0.717, 1.165) is 38.5 Å². The summed E-state index contributed by atoms with van der Waals surface area (Å²) in [5.41, 5.74) is 0. The van der Waals surface area contributed by atoms with E-state index in [2.05, 4.69) is 19.2 Å². The van der Waals surface area contributed by atoms with Crippen molar-refractivity contribution in [3.63, 3.8) is 0 Å². The van der Waals surface area contributed by atoms with E-state index in [0.29, 0.717) is 0 Å². The van der Waals surface area contributed by atoms with Crippen LogP contribution in [-0.2, 0) is 14.4 Å². The summed E-state index contributed by atoms with van der Waals surface area (Å²) in [4.78, 5) is 35.6. The second kappa shape index (κ2) is 33.8. The normalized spacial score (nSPS) is 12.7. The number of rotatable bonds is 36. The van der Waals surface area contributed by atoms with Gasteiger partial charge in [-0.05, 0) is 19.3 Å². The summed E-state index contributed by atoms with van der Waals surface area (Å²) in [7, 11) is 0. The van der Waals surface area contributed by atoms with Crippen molar-refractivity contribution in [3.8, 4) is 0 Å². The van der Waals surface area contributed by atoms with Gasteiger partial charge in [0.15, 0.2) is 0 Å². The highest BCUT2D eigenvalue weighted by atomic mass is 16.4. The monoisotopic (exact) mass is 638 g/mol. The van der Waals surface area contributed by atoms with Crippen molar-refractivity contribution in [1.29, 1.82) is 0 Å². The van der Waals surface area contributed by atoms with Crippen molar-refractivity contribution < 1.29 is 24.6 Å². The minimum Gasteiger partial charge on any atom is -0.481 e. The predicted molar refractivity (Wildman–Crippen MR) is 190 cm³/mol. The van der Waals surface area contributed by atoms with Gasteiger partial charge in [0.05, 0.1) is 0 Å². The van der Waals surface area contributed by atoms with Crippen LogP contribution in [0.3, 0.4) is 0 Å². The molecule has 0 aromatic heterocycles. The molecule has 2 atom stereocenters. The van der Waals surface area contributed by atoms with Gasteiger partial charge in [-0.15, -0.1) is 0 Å². The topological polar surface area (TPSA) is 104 Å². The van der Waals surface area contributed by atoms with Crippen molar-refractivity contribution in [2.24, 2.45) is 5.92 Å². The Balaban J connectivity index is 4.06. The molecule has 0 aliphatic rings. The smallest absolute Gasteiger partial charge is 0.326 e. The van der Waals surface area contributed by atoms with Gasteiger partial charge in [0.2, 0.25) is 5.91 Å². The van der Waals surface area contributed by atoms with E-state index in [4.69, 9.17) is 5.11 Å². The first-order chi connectivity index (χ1) is 21.9. The molecule has 0 fully saturated rings. The van der Waals surface area contributed by atoms with Gasteiger partial charge in [0, 0.05) is 12.3 Å². The molecule has 6 nitrogen and oxygen atoms in total. The zero-order chi connectivity index (χ0) is 33.2. The number of carboxylic acids is 2. The van der Waals surface area contributed by atoms with Crippen molar-refractivity contribution in [2.45, 2.75) is 225 Å². The Hall–Kier alpha value is -1.59. The summed E-state index contributed by atoms with van der Waals surface area (Å²) in [5, 5.41) is 21.1. The van der Waals surface area contributed by atoms with Gasteiger partial charge < -0.3 is 15.5 Å². The number of carbonyl (C=O) groups is 3. The van der Waals surface area contributed by atoms with E-state index in [1.54, 1.807) is 0 Å². The second-order valence-corrected chi connectivity index (χ2v) is 13.8. The lowest BCUT2D eigenvalue weighted by Gasteiger charge is -2.20. The summed E-state index contributed by atoms with van der Waals surface area (Å²) in [6.07, 6.45) is 37.7. The summed E-state index contributed by atoms with van der Waals surface area (Å²) < 4.78 is 0. The number of carboxylic acid groups (broad SMARTS) is 2. The highest BCUT2D eigenvalue weighted by Crippen LogP contribution is 2.21. The Morgan fingerprint density at radius 3 is 1.00 bits per heavy atom. The van der Waals surface area contributed by atoms with Crippen LogP contribution in [0.2, 0.25) is 0 Å². The molecule has 1 unspecified atom stereocenters. The van der Waals surface area contributed by atoms with Gasteiger partial charge in [-0.1, -0.05) is 194 Å². The number of carbonyl (C=O) groups excluding carboxylic acids is 1. The average molecular weight is 638 g/mol. The summed E-state index contributed by atoms with van der Waals surface area (Å²) in [6.45, 7) is 4.51. The first kappa shape index (κ1) is 43.4. The highest BCUT2D eigenvalue weighted by Gasteiger charge is 2.25. The molecule has 0 aromatic rings. The molecular weight excluding hydrogens is 562 g/mol. The van der Waals surface area contributed by atoms with Gasteiger partial charge in [-0.2, -0.15) is 0 Å². The number of aliphatic carboxylic acids is 2. The lowest BCUT2D eigenvalue weighted by atomic mass is 9.92. The van der Waals surface area contributed by atoms with E-state index in [9.17, 15) is 19.5 Å². The van der Waals surface area contributed by atoms with Gasteiger partial charge in [0.25, 0.3) is 0 Å². The molecule has 0 aliphatic heterocycles. The zero-order valence-electron chi connectivity index (χ0n) is 29.9. The second-order valence-electron chi connectivity index (χ2n) is 13.8. The van der Waals surface area contributed by atoms with Gasteiger partial charge in [0.1, 0.15) is 6.04 Å². The van der Waals surface area contributed by atoms with Crippen molar-refractivity contribution in [1.82, 2.24) is 5.32 Å². The Kier molecular flexibility index (Phi) is 32.6. The minimum absolute atomic E-state index is 0.0831. The third-order valence-electron chi connectivity index (χ3n) is 9.44. The first-order valence-electron chi connectivity index (χ1n) is 19.7. The molecule has 45 heavy (non-hydrogen) atoms. The molecule has 0 rings (SSSR count). The Bertz CT molecular complexity index is 682. The maximum absolute atomic E-state index is 13.1. The number of amides is 1. The maximum Gasteiger partial charge on any atom is 0.326 e. The van der Waals surface area contributed by atoms with Crippen LogP contribution in [0.25, 0.3) is 0 Å². The van der Waals surface area contributed by atoms with E-state index < -0.39 is 18.0 Å². The lowest BCUT2D eigenvalue weighted by molar-refractivity contribution is -0.143. The first-order valence-corrected chi connectivity index (χ1v) is 19.7. The van der Waals surface area contributed by atoms with Gasteiger partial charge in [-0.3, -0.25) is 9.59 Å². The quantitative estimate of drug-likeness (QED) is 0.0593. The van der Waals surface area contributed by atoms with Crippen LogP contribution in [0, 0.1) is 5.92 Å². The highest BCUT2D eigenvalue weighted by molar-refractivity contribution is 5.85. The van der Waals surface area contributed by atoms with Gasteiger partial charge >= 0.3 is 11.9 Å². The molecule has 0 aliphatic carbocycles. The van der Waals surface area contributed by atoms with E-state index in [-0.39, 0.29) is 24.7 Å². The molecule has 1 amide bonds. The third kappa shape index (κ3) is 30.8. The zero-order valence-corrected chi connectivity index (χ0v) is 29.9. The van der Waals surface area contributed by atoms with Crippen molar-refractivity contribution >= 4 is 17.8 Å². The van der Waals surface area contributed by atoms with Crippen LogP contribution in [0.4, 0.5) is 0 Å². The van der Waals surface area contributed by atoms with Crippen LogP contribution in [0.5, 0.6) is 0 Å². The third-order valence-corrected chi connectivity index (χ3v) is 9.44. The van der Waals surface area contributed by atoms with Crippen molar-refractivity contribution in [2.75, 3.05) is 0 Å². The molecule has 0 saturated heterocycles. The molecule has 3 N–H and O–H groups in total. The van der Waals surface area contributed by atoms with Gasteiger partial charge in [-0.25, -0.2) is 4.79 Å². The number of nitrogens with one attached hydrogen (secondary N) is 1. The molecule has 6 heteroatoms. The van der Waals surface area contributed by atoms with E-state index in [1.165, 1.54) is 154 Å². The number of hydrogen-bond acceptors (Lipinski definition) is 3. The lowest BCUT2D eigenvalue weighted by Crippen LogP contribution is -2.44. The summed E-state index contributed by atoms with van der Waals surface area (Å²) >= 11 is 0. The molecule has 266 valence electrons. The fourth-order valence-corrected chi connectivity index (χ4v) is 6.39. The average Bonchev–Trinajstić information content (AvgIpc) is 3.01. The largest absolute Gasteiger partial charge is 0.481 e. The fourth-order valence-electron chi connectivity index (χ4n) is 6.39. The molecule has 0 aromatic carbocycles. The van der Waals surface area contributed by atoms with Crippen LogP contribution < -0.4 is 5.32 Å². The standard InChI is InChI=1S/C39H75NO5/c1-3-5-7-9-11-13-14-15-16-17-18-19-20-21-22-23-24-26-28-30-32-35(31-29-27-25-12-10-8-6-4-2)38(43)40-36(39(44)45)33-34-37(41)42/h35-36H,3-34H2,1-2H3,(H,40,43)(H,41,42)(H,44,45)/t35?,36-/m0/s1. The molecule has 0 saturated carbocycles. The van der Waals surface area contributed by atoms with Crippen LogP contribution >= 0.6 is 0 Å². The Labute approximate surface area is 278 Å². The predicted octanol–water partition coefficient (Wildman–Crippen LogP) is 11.8. The molecular formula is C39H75NO5. The Morgan fingerprint density at radius 2 is 0.733 bits per heavy atom. The maximum atomic E-state index is 13.1. The molecule has 0 radical (unpaired) electrons. The van der Waals surface area contributed by atoms with Crippen LogP contribution in [0.15, 0.2) is 0 Å². The molecule has 0 heterocycles. The van der Waals surface area contributed by atoms with Crippen LogP contribution in [-0.4, -0.2) is 34.1 Å². The van der Waals surface area contributed by atoms with Crippen molar-refractivity contribution in [3.05, 3.63) is 0 Å². The SMILES string of the molecule is CCCCCCCCCCCCCCCCCCCCCCC(CCCCCCCCCC)C(=O)N[C@@H](CCC(=O)O)C(=O)O. The number of hydrogen-bond donors (Lipinski definition) is 3. The van der Waals surface area contributed by atoms with Crippen LogP contribution in [0.1, 0.15) is 219 Å². The number of unbranched alkanes of at least 4 members (excludes halogenated alkanes) is 26. The molecule has 0 spiro atoms. The molecule has 0 bridgehead atoms. The van der Waals surface area contributed by atoms with E-state index >= 15 is 0 Å². The summed E-state index contributed by atoms with van der Waals surface area (Å²) in [5.74, 6) is -2.61.